The summed E-state index contributed by atoms with van der Waals surface area (Å²) in [6, 6.07) is 0. The van der Waals surface area contributed by atoms with Crippen molar-refractivity contribution in [2.45, 2.75) is 46.0 Å². The Labute approximate surface area is 103 Å². The van der Waals surface area contributed by atoms with E-state index in [0.717, 1.165) is 12.8 Å². The number of methoxy groups -OCH3 is 1. The molecule has 17 heavy (non-hydrogen) atoms. The molecule has 0 radical (unpaired) electrons. The first-order valence-corrected chi connectivity index (χ1v) is 6.15. The van der Waals surface area contributed by atoms with Crippen LogP contribution < -0.4 is 0 Å². The van der Waals surface area contributed by atoms with Crippen molar-refractivity contribution in [2.24, 2.45) is 11.3 Å². The molecule has 98 valence electrons. The number of carbonyl (C=O) groups is 2. The summed E-state index contributed by atoms with van der Waals surface area (Å²) in [5.41, 5.74) is 0.345. The minimum Gasteiger partial charge on any atom is -0.469 e. The minimum absolute atomic E-state index is 0.285. The Bertz CT molecular complexity index is 283. The summed E-state index contributed by atoms with van der Waals surface area (Å²) >= 11 is 0. The third-order valence-corrected chi connectivity index (χ3v) is 3.30. The third-order valence-electron chi connectivity index (χ3n) is 3.30. The molecule has 0 bridgehead atoms. The Morgan fingerprint density at radius 2 is 2.00 bits per heavy atom. The van der Waals surface area contributed by atoms with Gasteiger partial charge in [-0.2, -0.15) is 0 Å². The zero-order valence-electron chi connectivity index (χ0n) is 11.0. The summed E-state index contributed by atoms with van der Waals surface area (Å²) in [6.45, 7) is 4.92. The smallest absolute Gasteiger partial charge is 0.317 e. The van der Waals surface area contributed by atoms with Gasteiger partial charge in [0.05, 0.1) is 13.7 Å². The lowest BCUT2D eigenvalue weighted by Gasteiger charge is -2.34. The lowest BCUT2D eigenvalue weighted by Crippen LogP contribution is -2.26. The van der Waals surface area contributed by atoms with Crippen LogP contribution in [0.1, 0.15) is 46.0 Å². The second kappa shape index (κ2) is 6.03. The van der Waals surface area contributed by atoms with Crippen molar-refractivity contribution in [1.29, 1.82) is 0 Å². The number of carbonyl (C=O) groups excluding carboxylic acids is 2. The van der Waals surface area contributed by atoms with E-state index in [-0.39, 0.29) is 6.42 Å². The van der Waals surface area contributed by atoms with E-state index in [9.17, 15) is 9.59 Å². The Kier molecular flexibility index (Phi) is 4.97. The van der Waals surface area contributed by atoms with Crippen molar-refractivity contribution in [3.8, 4) is 0 Å². The van der Waals surface area contributed by atoms with Crippen LogP contribution >= 0.6 is 0 Å². The molecule has 0 aromatic carbocycles. The van der Waals surface area contributed by atoms with E-state index >= 15 is 0 Å². The van der Waals surface area contributed by atoms with Crippen molar-refractivity contribution in [1.82, 2.24) is 0 Å². The fourth-order valence-corrected chi connectivity index (χ4v) is 2.45. The van der Waals surface area contributed by atoms with Crippen LogP contribution in [0.3, 0.4) is 0 Å². The van der Waals surface area contributed by atoms with Crippen LogP contribution in [0.25, 0.3) is 0 Å². The molecule has 1 rings (SSSR count). The molecule has 1 unspecified atom stereocenters. The highest BCUT2D eigenvalue weighted by molar-refractivity contribution is 5.91. The Morgan fingerprint density at radius 1 is 1.29 bits per heavy atom. The Morgan fingerprint density at radius 3 is 2.59 bits per heavy atom. The predicted molar refractivity (Wildman–Crippen MR) is 63.3 cm³/mol. The van der Waals surface area contributed by atoms with E-state index in [1.165, 1.54) is 20.0 Å². The maximum Gasteiger partial charge on any atom is 0.317 e. The summed E-state index contributed by atoms with van der Waals surface area (Å²) < 4.78 is 9.51. The maximum atomic E-state index is 11.3. The topological polar surface area (TPSA) is 52.6 Å². The molecule has 0 amide bonds. The van der Waals surface area contributed by atoms with Gasteiger partial charge in [-0.05, 0) is 30.6 Å². The lowest BCUT2D eigenvalue weighted by molar-refractivity contribution is -0.154. The maximum absolute atomic E-state index is 11.3. The van der Waals surface area contributed by atoms with Crippen molar-refractivity contribution in [2.75, 3.05) is 13.7 Å². The van der Waals surface area contributed by atoms with E-state index in [1.54, 1.807) is 0 Å². The summed E-state index contributed by atoms with van der Waals surface area (Å²) in [7, 11) is 1.26. The number of rotatable bonds is 4. The molecule has 4 heteroatoms. The van der Waals surface area contributed by atoms with Crippen molar-refractivity contribution in [3.63, 3.8) is 0 Å². The van der Waals surface area contributed by atoms with Crippen LogP contribution in [0.15, 0.2) is 0 Å². The van der Waals surface area contributed by atoms with Crippen LogP contribution in [0.4, 0.5) is 0 Å². The van der Waals surface area contributed by atoms with E-state index in [4.69, 9.17) is 4.74 Å². The second-order valence-electron chi connectivity index (χ2n) is 5.56. The molecule has 1 atom stereocenters. The van der Waals surface area contributed by atoms with E-state index < -0.39 is 11.9 Å². The lowest BCUT2D eigenvalue weighted by atomic mass is 9.72. The molecule has 0 aliphatic heterocycles. The van der Waals surface area contributed by atoms with Gasteiger partial charge in [-0.1, -0.05) is 20.3 Å². The molecule has 0 aromatic rings. The first-order chi connectivity index (χ1) is 7.93. The molecule has 0 heterocycles. The van der Waals surface area contributed by atoms with Crippen LogP contribution in [-0.4, -0.2) is 25.7 Å². The van der Waals surface area contributed by atoms with Crippen LogP contribution in [-0.2, 0) is 19.1 Å². The average molecular weight is 242 g/mol. The number of hydrogen-bond donors (Lipinski definition) is 0. The van der Waals surface area contributed by atoms with E-state index in [1.807, 2.05) is 0 Å². The van der Waals surface area contributed by atoms with Gasteiger partial charge in [-0.25, -0.2) is 0 Å². The third kappa shape index (κ3) is 5.20. The molecule has 4 nitrogen and oxygen atoms in total. The number of hydrogen-bond acceptors (Lipinski definition) is 4. The molecule has 0 spiro atoms. The summed E-state index contributed by atoms with van der Waals surface area (Å²) in [5, 5.41) is 0. The summed E-state index contributed by atoms with van der Waals surface area (Å²) in [5.74, 6) is -0.598. The zero-order chi connectivity index (χ0) is 12.9. The first kappa shape index (κ1) is 14.0. The monoisotopic (exact) mass is 242 g/mol. The van der Waals surface area contributed by atoms with Crippen molar-refractivity contribution < 1.29 is 19.1 Å². The van der Waals surface area contributed by atoms with Gasteiger partial charge >= 0.3 is 11.9 Å². The van der Waals surface area contributed by atoms with Crippen molar-refractivity contribution >= 4 is 11.9 Å². The second-order valence-corrected chi connectivity index (χ2v) is 5.56. The molecule has 0 aromatic heterocycles. The van der Waals surface area contributed by atoms with Gasteiger partial charge in [0.1, 0.15) is 6.42 Å². The molecular formula is C13H22O4. The van der Waals surface area contributed by atoms with E-state index in [2.05, 4.69) is 18.6 Å². The van der Waals surface area contributed by atoms with Gasteiger partial charge in [0.2, 0.25) is 0 Å². The highest BCUT2D eigenvalue weighted by Crippen LogP contribution is 2.38. The van der Waals surface area contributed by atoms with Gasteiger partial charge in [-0.3, -0.25) is 9.59 Å². The van der Waals surface area contributed by atoms with Gasteiger partial charge in [-0.15, -0.1) is 0 Å². The molecule has 1 saturated carbocycles. The standard InChI is InChI=1S/C13H22O4/c1-13(2)6-4-5-10(8-13)9-17-12(15)7-11(14)16-3/h10H,4-9H2,1-3H3. The highest BCUT2D eigenvalue weighted by Gasteiger charge is 2.28. The van der Waals surface area contributed by atoms with Gasteiger partial charge in [0, 0.05) is 0 Å². The minimum atomic E-state index is -0.543. The molecule has 0 saturated heterocycles. The van der Waals surface area contributed by atoms with Gasteiger partial charge in [0.25, 0.3) is 0 Å². The number of ether oxygens (including phenoxy) is 2. The Hall–Kier alpha value is -1.06. The fourth-order valence-electron chi connectivity index (χ4n) is 2.45. The van der Waals surface area contributed by atoms with Crippen molar-refractivity contribution in [3.05, 3.63) is 0 Å². The van der Waals surface area contributed by atoms with E-state index in [0.29, 0.717) is 17.9 Å². The molecular weight excluding hydrogens is 220 g/mol. The summed E-state index contributed by atoms with van der Waals surface area (Å²) in [6.07, 6.45) is 4.33. The van der Waals surface area contributed by atoms with Gasteiger partial charge in [0.15, 0.2) is 0 Å². The fraction of sp³-hybridized carbons (Fsp3) is 0.846. The quantitative estimate of drug-likeness (QED) is 0.560. The molecule has 1 fully saturated rings. The summed E-state index contributed by atoms with van der Waals surface area (Å²) in [4.78, 5) is 22.1. The number of esters is 2. The molecule has 1 aliphatic rings. The predicted octanol–water partition coefficient (Wildman–Crippen LogP) is 2.31. The van der Waals surface area contributed by atoms with Crippen LogP contribution in [0.5, 0.6) is 0 Å². The normalized spacial score (nSPS) is 22.9. The Balaban J connectivity index is 2.26. The zero-order valence-corrected chi connectivity index (χ0v) is 11.0. The van der Waals surface area contributed by atoms with Crippen LogP contribution in [0, 0.1) is 11.3 Å². The largest absolute Gasteiger partial charge is 0.469 e. The molecule has 1 aliphatic carbocycles. The average Bonchev–Trinajstić information content (AvgIpc) is 2.25. The SMILES string of the molecule is COC(=O)CC(=O)OCC1CCCC(C)(C)C1. The highest BCUT2D eigenvalue weighted by atomic mass is 16.5. The first-order valence-electron chi connectivity index (χ1n) is 6.15. The van der Waals surface area contributed by atoms with Crippen LogP contribution in [0.2, 0.25) is 0 Å². The van der Waals surface area contributed by atoms with Gasteiger partial charge < -0.3 is 9.47 Å². The molecule has 0 N–H and O–H groups in total.